The van der Waals surface area contributed by atoms with Crippen LogP contribution in [-0.4, -0.2) is 15.9 Å². The summed E-state index contributed by atoms with van der Waals surface area (Å²) in [5, 5.41) is 11.9. The summed E-state index contributed by atoms with van der Waals surface area (Å²) in [7, 11) is 0. The number of hydrogen-bond donors (Lipinski definition) is 1. The second-order valence-corrected chi connectivity index (χ2v) is 9.27. The molecule has 0 saturated carbocycles. The van der Waals surface area contributed by atoms with Gasteiger partial charge in [-0.15, -0.1) is 34.9 Å². The van der Waals surface area contributed by atoms with E-state index in [-0.39, 0.29) is 31.6 Å². The Morgan fingerprint density at radius 1 is 0.972 bits per heavy atom. The fraction of sp³-hybridized carbons (Fsp3) is 0.226. The van der Waals surface area contributed by atoms with Crippen molar-refractivity contribution in [1.29, 1.82) is 0 Å². The summed E-state index contributed by atoms with van der Waals surface area (Å²) in [6.45, 7) is 13.5. The van der Waals surface area contributed by atoms with Gasteiger partial charge in [0.25, 0.3) is 0 Å². The predicted octanol–water partition coefficient (Wildman–Crippen LogP) is 8.18. The zero-order valence-corrected chi connectivity index (χ0v) is 24.1. The van der Waals surface area contributed by atoms with Crippen molar-refractivity contribution in [1.82, 2.24) is 4.98 Å². The van der Waals surface area contributed by atoms with Gasteiger partial charge in [-0.05, 0) is 57.4 Å². The van der Waals surface area contributed by atoms with Crippen LogP contribution < -0.4 is 0 Å². The van der Waals surface area contributed by atoms with Crippen LogP contribution in [0.2, 0.25) is 0 Å². The van der Waals surface area contributed by atoms with Crippen LogP contribution in [0.1, 0.15) is 41.7 Å². The largest absolute Gasteiger partial charge is 0.512 e. The molecule has 0 saturated heterocycles. The Kier molecular flexibility index (Phi) is 8.18. The maximum atomic E-state index is 10.0. The maximum absolute atomic E-state index is 10.0. The van der Waals surface area contributed by atoms with Crippen LogP contribution >= 0.6 is 0 Å². The van der Waals surface area contributed by atoms with Gasteiger partial charge in [-0.1, -0.05) is 38.1 Å². The molecule has 5 rings (SSSR count). The molecule has 1 N–H and O–H groups in total. The van der Waals surface area contributed by atoms with E-state index in [0.717, 1.165) is 44.3 Å². The number of furan rings is 1. The summed E-state index contributed by atoms with van der Waals surface area (Å²) in [5.74, 6) is -0.0625. The van der Waals surface area contributed by atoms with Crippen LogP contribution in [0.25, 0.3) is 44.1 Å². The van der Waals surface area contributed by atoms with Gasteiger partial charge in [0.15, 0.2) is 5.78 Å². The van der Waals surface area contributed by atoms with Crippen molar-refractivity contribution < 1.29 is 34.4 Å². The number of pyridine rings is 1. The van der Waals surface area contributed by atoms with Crippen molar-refractivity contribution in [2.45, 2.75) is 48.5 Å². The Labute approximate surface area is 225 Å². The van der Waals surface area contributed by atoms with Crippen molar-refractivity contribution in [3.8, 4) is 11.3 Å². The van der Waals surface area contributed by atoms with Gasteiger partial charge in [0.05, 0.1) is 11.3 Å². The van der Waals surface area contributed by atoms with Crippen molar-refractivity contribution in [3.63, 3.8) is 0 Å². The van der Waals surface area contributed by atoms with E-state index in [4.69, 9.17) is 14.5 Å². The van der Waals surface area contributed by atoms with E-state index in [2.05, 4.69) is 71.0 Å². The number of carbonyl (C=O) groups is 1. The first-order valence-corrected chi connectivity index (χ1v) is 11.7. The third-order valence-corrected chi connectivity index (χ3v) is 6.11. The molecule has 0 fully saturated rings. The second kappa shape index (κ2) is 10.8. The molecule has 5 aromatic rings. The number of aliphatic hydroxyl groups is 1. The Balaban J connectivity index is 0.000000400. The van der Waals surface area contributed by atoms with E-state index in [1.54, 1.807) is 0 Å². The first-order chi connectivity index (χ1) is 16.6. The molecule has 0 bridgehead atoms. The van der Waals surface area contributed by atoms with Crippen molar-refractivity contribution in [3.05, 3.63) is 88.2 Å². The van der Waals surface area contributed by atoms with E-state index in [0.29, 0.717) is 0 Å². The van der Waals surface area contributed by atoms with Gasteiger partial charge in [0, 0.05) is 48.0 Å². The number of hydrogen-bond acceptors (Lipinski definition) is 4. The molecular weight excluding hydrogens is 627 g/mol. The molecule has 0 amide bonds. The third kappa shape index (κ3) is 5.28. The van der Waals surface area contributed by atoms with Crippen LogP contribution in [0.4, 0.5) is 0 Å². The number of rotatable bonds is 2. The Morgan fingerprint density at radius 3 is 2.28 bits per heavy atom. The molecule has 187 valence electrons. The number of ketones is 1. The minimum absolute atomic E-state index is 0. The summed E-state index contributed by atoms with van der Waals surface area (Å²) in [6.07, 6.45) is 1.17. The number of aliphatic hydroxyl groups excluding tert-OH is 1. The summed E-state index contributed by atoms with van der Waals surface area (Å²) in [4.78, 5) is 15.1. The number of aryl methyl sites for hydroxylation is 5. The molecule has 0 aliphatic rings. The van der Waals surface area contributed by atoms with Crippen LogP contribution in [0, 0.1) is 40.7 Å². The number of aromatic nitrogens is 1. The fourth-order valence-electron chi connectivity index (χ4n) is 4.65. The number of benzene rings is 3. The van der Waals surface area contributed by atoms with E-state index in [1.807, 2.05) is 12.1 Å². The molecule has 2 aromatic heterocycles. The van der Waals surface area contributed by atoms with Gasteiger partial charge in [-0.2, -0.15) is 0 Å². The Morgan fingerprint density at radius 2 is 1.67 bits per heavy atom. The molecular formula is C31H30IrNO3-. The third-order valence-electron chi connectivity index (χ3n) is 6.11. The first kappa shape index (κ1) is 27.3. The number of para-hydroxylation sites is 1. The SMILES string of the molecule is CC(=O)/C=C(/C)O.Cc1[c-]c(-c2nc3c(C)cc(C)c(C)c3c3c2oc2ccccc23)cc(C)c1.[Ir]. The topological polar surface area (TPSA) is 63.3 Å². The fourth-order valence-corrected chi connectivity index (χ4v) is 4.65. The Hall–Kier alpha value is -3.27. The van der Waals surface area contributed by atoms with E-state index >= 15 is 0 Å². The van der Waals surface area contributed by atoms with Crippen LogP contribution in [0.3, 0.4) is 0 Å². The van der Waals surface area contributed by atoms with E-state index in [9.17, 15) is 4.79 Å². The molecule has 1 radical (unpaired) electrons. The molecule has 0 unspecified atom stereocenters. The molecule has 0 atom stereocenters. The summed E-state index contributed by atoms with van der Waals surface area (Å²) < 4.78 is 6.38. The molecule has 4 nitrogen and oxygen atoms in total. The average Bonchev–Trinajstić information content (AvgIpc) is 3.15. The van der Waals surface area contributed by atoms with Crippen molar-refractivity contribution >= 4 is 38.6 Å². The van der Waals surface area contributed by atoms with Crippen LogP contribution in [0.5, 0.6) is 0 Å². The maximum Gasteiger partial charge on any atom is 0.155 e. The quantitative estimate of drug-likeness (QED) is 0.118. The predicted molar refractivity (Wildman–Crippen MR) is 144 cm³/mol. The first-order valence-electron chi connectivity index (χ1n) is 11.7. The molecule has 36 heavy (non-hydrogen) atoms. The normalized spacial score (nSPS) is 11.4. The van der Waals surface area contributed by atoms with Gasteiger partial charge in [0.1, 0.15) is 11.2 Å². The monoisotopic (exact) mass is 657 g/mol. The van der Waals surface area contributed by atoms with Crippen LogP contribution in [0.15, 0.2) is 58.7 Å². The number of carbonyl (C=O) groups excluding carboxylic acids is 1. The number of allylic oxidation sites excluding steroid dienone is 2. The molecule has 0 spiro atoms. The van der Waals surface area contributed by atoms with E-state index < -0.39 is 0 Å². The second-order valence-electron chi connectivity index (χ2n) is 9.27. The zero-order chi connectivity index (χ0) is 25.4. The Bertz CT molecular complexity index is 1620. The summed E-state index contributed by atoms with van der Waals surface area (Å²) in [5.41, 5.74) is 10.7. The smallest absolute Gasteiger partial charge is 0.155 e. The zero-order valence-electron chi connectivity index (χ0n) is 21.7. The molecule has 0 aliphatic heterocycles. The molecule has 3 aromatic carbocycles. The standard InChI is InChI=1S/C26H22NO.C5H8O2.Ir/c1-14-10-15(2)12-19(11-14)25-26-23(20-8-6-7-9-21(20)28-26)22-18(5)16(3)13-17(4)24(22)27-25;1-4(6)3-5(2)7;/h6-11,13H,1-5H3;3,6H,1-2H3;/q-1;;/b;4-3-;. The van der Waals surface area contributed by atoms with E-state index in [1.165, 1.54) is 47.6 Å². The van der Waals surface area contributed by atoms with Gasteiger partial charge < -0.3 is 9.52 Å². The van der Waals surface area contributed by atoms with Crippen molar-refractivity contribution in [2.24, 2.45) is 0 Å². The average molecular weight is 657 g/mol. The van der Waals surface area contributed by atoms with Gasteiger partial charge in [-0.3, -0.25) is 9.78 Å². The number of nitrogens with zero attached hydrogens (tertiary/aromatic N) is 1. The van der Waals surface area contributed by atoms with Crippen LogP contribution in [-0.2, 0) is 24.9 Å². The summed E-state index contributed by atoms with van der Waals surface area (Å²) >= 11 is 0. The molecule has 5 heteroatoms. The number of fused-ring (bicyclic) bond motifs is 5. The summed E-state index contributed by atoms with van der Waals surface area (Å²) in [6, 6.07) is 18.3. The minimum Gasteiger partial charge on any atom is -0.512 e. The molecule has 2 heterocycles. The minimum atomic E-state index is -0.125. The van der Waals surface area contributed by atoms with Gasteiger partial charge >= 0.3 is 0 Å². The van der Waals surface area contributed by atoms with Gasteiger partial charge in [0.2, 0.25) is 0 Å². The molecule has 0 aliphatic carbocycles. The van der Waals surface area contributed by atoms with Gasteiger partial charge in [-0.25, -0.2) is 0 Å². The van der Waals surface area contributed by atoms with Crippen molar-refractivity contribution in [2.75, 3.05) is 0 Å².